The maximum atomic E-state index is 6.08. The molecule has 0 aliphatic carbocycles. The minimum absolute atomic E-state index is 0.432. The molecule has 0 spiro atoms. The van der Waals surface area contributed by atoms with Crippen LogP contribution in [0, 0.1) is 6.92 Å². The summed E-state index contributed by atoms with van der Waals surface area (Å²) in [5.41, 5.74) is 2.40. The molecular weight excluding hydrogens is 335 g/mol. The second-order valence-electron chi connectivity index (χ2n) is 3.88. The minimum atomic E-state index is 0.432. The lowest BCUT2D eigenvalue weighted by atomic mass is 10.1. The van der Waals surface area contributed by atoms with Crippen LogP contribution in [0.1, 0.15) is 11.1 Å². The number of alkyl halides is 1. The van der Waals surface area contributed by atoms with Crippen LogP contribution >= 0.6 is 39.1 Å². The van der Waals surface area contributed by atoms with Gasteiger partial charge in [0.25, 0.3) is 0 Å². The molecule has 0 N–H and O–H groups in total. The third kappa shape index (κ3) is 3.00. The Morgan fingerprint density at radius 3 is 2.61 bits per heavy atom. The van der Waals surface area contributed by atoms with Gasteiger partial charge in [0.2, 0.25) is 0 Å². The van der Waals surface area contributed by atoms with Crippen LogP contribution in [0.5, 0.6) is 11.5 Å². The van der Waals surface area contributed by atoms with Crippen molar-refractivity contribution >= 4 is 39.1 Å². The SMILES string of the molecule is Cc1cc(Oc2cccc(Cl)c2Cl)ccc1CBr. The lowest BCUT2D eigenvalue weighted by molar-refractivity contribution is 0.482. The number of hydrogen-bond donors (Lipinski definition) is 0. The summed E-state index contributed by atoms with van der Waals surface area (Å²) in [5, 5.41) is 1.75. The van der Waals surface area contributed by atoms with Crippen LogP contribution in [0.25, 0.3) is 0 Å². The zero-order valence-corrected chi connectivity index (χ0v) is 12.8. The molecule has 0 bridgehead atoms. The second-order valence-corrected chi connectivity index (χ2v) is 5.22. The highest BCUT2D eigenvalue weighted by Gasteiger charge is 2.07. The van der Waals surface area contributed by atoms with Crippen molar-refractivity contribution < 1.29 is 4.74 Å². The normalized spacial score (nSPS) is 10.4. The molecule has 4 heteroatoms. The largest absolute Gasteiger partial charge is 0.456 e. The molecule has 0 heterocycles. The Labute approximate surface area is 125 Å². The summed E-state index contributed by atoms with van der Waals surface area (Å²) in [5.74, 6) is 1.32. The fourth-order valence-electron chi connectivity index (χ4n) is 1.57. The third-order valence-corrected chi connectivity index (χ3v) is 4.01. The van der Waals surface area contributed by atoms with Gasteiger partial charge in [-0.25, -0.2) is 0 Å². The third-order valence-electron chi connectivity index (χ3n) is 2.60. The summed E-state index contributed by atoms with van der Waals surface area (Å²) >= 11 is 15.5. The van der Waals surface area contributed by atoms with Crippen molar-refractivity contribution in [2.45, 2.75) is 12.3 Å². The molecule has 2 aromatic rings. The van der Waals surface area contributed by atoms with Crippen molar-refractivity contribution in [2.75, 3.05) is 0 Å². The zero-order chi connectivity index (χ0) is 13.1. The number of rotatable bonds is 3. The smallest absolute Gasteiger partial charge is 0.147 e. The Morgan fingerprint density at radius 2 is 1.94 bits per heavy atom. The maximum absolute atomic E-state index is 6.08. The lowest BCUT2D eigenvalue weighted by Gasteiger charge is -2.10. The predicted molar refractivity (Wildman–Crippen MR) is 80.3 cm³/mol. The van der Waals surface area contributed by atoms with Crippen LogP contribution in [0.4, 0.5) is 0 Å². The first-order valence-electron chi connectivity index (χ1n) is 5.39. The van der Waals surface area contributed by atoms with E-state index < -0.39 is 0 Å². The van der Waals surface area contributed by atoms with E-state index in [-0.39, 0.29) is 0 Å². The lowest BCUT2D eigenvalue weighted by Crippen LogP contribution is -1.89. The molecule has 0 saturated carbocycles. The zero-order valence-electron chi connectivity index (χ0n) is 9.71. The maximum Gasteiger partial charge on any atom is 0.147 e. The molecule has 1 nitrogen and oxygen atoms in total. The molecule has 18 heavy (non-hydrogen) atoms. The number of benzene rings is 2. The molecule has 0 saturated heterocycles. The number of ether oxygens (including phenoxy) is 1. The van der Waals surface area contributed by atoms with Crippen molar-refractivity contribution in [3.8, 4) is 11.5 Å². The van der Waals surface area contributed by atoms with Gasteiger partial charge in [-0.1, -0.05) is 51.3 Å². The predicted octanol–water partition coefficient (Wildman–Crippen LogP) is 5.99. The van der Waals surface area contributed by atoms with E-state index in [1.165, 1.54) is 11.1 Å². The summed E-state index contributed by atoms with van der Waals surface area (Å²) in [6.07, 6.45) is 0. The fourth-order valence-corrected chi connectivity index (χ4v) is 2.53. The van der Waals surface area contributed by atoms with Crippen molar-refractivity contribution in [1.29, 1.82) is 0 Å². The van der Waals surface area contributed by atoms with E-state index in [1.54, 1.807) is 12.1 Å². The molecule has 0 aliphatic heterocycles. The van der Waals surface area contributed by atoms with Gasteiger partial charge in [-0.05, 0) is 42.3 Å². The van der Waals surface area contributed by atoms with E-state index in [4.69, 9.17) is 27.9 Å². The Bertz CT molecular complexity index is 570. The van der Waals surface area contributed by atoms with Crippen LogP contribution < -0.4 is 4.74 Å². The van der Waals surface area contributed by atoms with Gasteiger partial charge in [0.15, 0.2) is 0 Å². The van der Waals surface area contributed by atoms with Gasteiger partial charge in [-0.3, -0.25) is 0 Å². The summed E-state index contributed by atoms with van der Waals surface area (Å²) in [7, 11) is 0. The Hall–Kier alpha value is -0.700. The Balaban J connectivity index is 2.29. The van der Waals surface area contributed by atoms with Crippen molar-refractivity contribution in [1.82, 2.24) is 0 Å². The Morgan fingerprint density at radius 1 is 1.17 bits per heavy atom. The van der Waals surface area contributed by atoms with Crippen molar-refractivity contribution in [2.24, 2.45) is 0 Å². The summed E-state index contributed by atoms with van der Waals surface area (Å²) < 4.78 is 5.74. The van der Waals surface area contributed by atoms with Gasteiger partial charge in [0, 0.05) is 5.33 Å². The number of halogens is 3. The summed E-state index contributed by atoms with van der Waals surface area (Å²) in [4.78, 5) is 0. The van der Waals surface area contributed by atoms with Gasteiger partial charge < -0.3 is 4.74 Å². The highest BCUT2D eigenvalue weighted by Crippen LogP contribution is 2.35. The second kappa shape index (κ2) is 5.96. The van der Waals surface area contributed by atoms with E-state index in [0.29, 0.717) is 15.8 Å². The topological polar surface area (TPSA) is 9.23 Å². The van der Waals surface area contributed by atoms with Gasteiger partial charge in [-0.2, -0.15) is 0 Å². The van der Waals surface area contributed by atoms with Crippen LogP contribution in [0.3, 0.4) is 0 Å². The van der Waals surface area contributed by atoms with Crippen LogP contribution in [-0.2, 0) is 5.33 Å². The standard InChI is InChI=1S/C14H11BrCl2O/c1-9-7-11(6-5-10(9)8-15)18-13-4-2-3-12(16)14(13)17/h2-7H,8H2,1H3. The molecule has 0 atom stereocenters. The molecule has 0 radical (unpaired) electrons. The van der Waals surface area contributed by atoms with E-state index in [9.17, 15) is 0 Å². The quantitative estimate of drug-likeness (QED) is 0.621. The molecule has 0 aliphatic rings. The summed E-state index contributed by atoms with van der Waals surface area (Å²) in [6, 6.07) is 11.3. The first-order chi connectivity index (χ1) is 8.61. The van der Waals surface area contributed by atoms with Crippen LogP contribution in [-0.4, -0.2) is 0 Å². The fraction of sp³-hybridized carbons (Fsp3) is 0.143. The van der Waals surface area contributed by atoms with Gasteiger partial charge in [0.05, 0.1) is 5.02 Å². The summed E-state index contributed by atoms with van der Waals surface area (Å²) in [6.45, 7) is 2.04. The van der Waals surface area contributed by atoms with Gasteiger partial charge >= 0.3 is 0 Å². The Kier molecular flexibility index (Phi) is 4.55. The van der Waals surface area contributed by atoms with Crippen molar-refractivity contribution in [3.05, 3.63) is 57.6 Å². The van der Waals surface area contributed by atoms with Crippen molar-refractivity contribution in [3.63, 3.8) is 0 Å². The molecule has 0 unspecified atom stereocenters. The highest BCUT2D eigenvalue weighted by molar-refractivity contribution is 9.08. The average molecular weight is 346 g/mol. The number of hydrogen-bond acceptors (Lipinski definition) is 1. The monoisotopic (exact) mass is 344 g/mol. The molecule has 0 aromatic heterocycles. The molecule has 94 valence electrons. The van der Waals surface area contributed by atoms with Gasteiger partial charge in [-0.15, -0.1) is 0 Å². The molecule has 0 amide bonds. The van der Waals surface area contributed by atoms with Crippen LogP contribution in [0.2, 0.25) is 10.0 Å². The number of aryl methyl sites for hydroxylation is 1. The van der Waals surface area contributed by atoms with E-state index >= 15 is 0 Å². The highest BCUT2D eigenvalue weighted by atomic mass is 79.9. The van der Waals surface area contributed by atoms with Crippen LogP contribution in [0.15, 0.2) is 36.4 Å². The van der Waals surface area contributed by atoms with E-state index in [0.717, 1.165) is 11.1 Å². The van der Waals surface area contributed by atoms with Gasteiger partial charge in [0.1, 0.15) is 16.5 Å². The van der Waals surface area contributed by atoms with E-state index in [1.807, 2.05) is 31.2 Å². The molecule has 2 aromatic carbocycles. The molecule has 2 rings (SSSR count). The first kappa shape index (κ1) is 13.7. The minimum Gasteiger partial charge on any atom is -0.456 e. The molecule has 0 fully saturated rings. The van der Waals surface area contributed by atoms with E-state index in [2.05, 4.69) is 15.9 Å². The average Bonchev–Trinajstić information content (AvgIpc) is 2.35. The first-order valence-corrected chi connectivity index (χ1v) is 7.27. The molecular formula is C14H11BrCl2O.